The second-order valence-corrected chi connectivity index (χ2v) is 4.21. The van der Waals surface area contributed by atoms with E-state index in [0.717, 1.165) is 19.3 Å². The van der Waals surface area contributed by atoms with Crippen LogP contribution >= 0.6 is 0 Å². The lowest BCUT2D eigenvalue weighted by molar-refractivity contribution is -0.152. The summed E-state index contributed by atoms with van der Waals surface area (Å²) in [6, 6.07) is 0. The molecule has 0 radical (unpaired) electrons. The minimum absolute atomic E-state index is 0.256. The Morgan fingerprint density at radius 1 is 1.36 bits per heavy atom. The van der Waals surface area contributed by atoms with Gasteiger partial charge in [0.2, 0.25) is 0 Å². The van der Waals surface area contributed by atoms with Crippen LogP contribution in [0.15, 0.2) is 12.2 Å². The van der Waals surface area contributed by atoms with E-state index in [9.17, 15) is 4.79 Å². The third kappa shape index (κ3) is 5.05. The normalized spacial score (nSPS) is 11.1. The molecule has 0 amide bonds. The molecule has 0 saturated carbocycles. The van der Waals surface area contributed by atoms with Gasteiger partial charge < -0.3 is 4.74 Å². The van der Waals surface area contributed by atoms with Crippen LogP contribution in [0.2, 0.25) is 0 Å². The molecule has 0 heterocycles. The zero-order valence-corrected chi connectivity index (χ0v) is 9.85. The number of carbonyl (C=O) groups excluding carboxylic acids is 1. The van der Waals surface area contributed by atoms with E-state index in [0.29, 0.717) is 12.0 Å². The Balaban J connectivity index is 4.07. The first-order valence-electron chi connectivity index (χ1n) is 5.34. The second-order valence-electron chi connectivity index (χ2n) is 4.21. The number of unbranched alkanes of at least 4 members (excludes halogenated alkanes) is 1. The molecule has 0 spiro atoms. The first-order chi connectivity index (χ1) is 6.43. The first-order valence-corrected chi connectivity index (χ1v) is 5.34. The molecule has 0 aliphatic heterocycles. The fourth-order valence-corrected chi connectivity index (χ4v) is 1.12. The number of esters is 1. The van der Waals surface area contributed by atoms with Crippen molar-refractivity contribution in [3.8, 4) is 0 Å². The van der Waals surface area contributed by atoms with E-state index in [1.165, 1.54) is 0 Å². The van der Waals surface area contributed by atoms with Crippen LogP contribution in [0.1, 0.15) is 53.4 Å². The van der Waals surface area contributed by atoms with Crippen LogP contribution in [0.5, 0.6) is 0 Å². The zero-order valence-electron chi connectivity index (χ0n) is 9.85. The Hall–Kier alpha value is -0.790. The van der Waals surface area contributed by atoms with Gasteiger partial charge in [0, 0.05) is 5.57 Å². The molecule has 0 aromatic heterocycles. The van der Waals surface area contributed by atoms with Gasteiger partial charge in [0.15, 0.2) is 0 Å². The summed E-state index contributed by atoms with van der Waals surface area (Å²) in [5, 5.41) is 0. The van der Waals surface area contributed by atoms with Crippen molar-refractivity contribution < 1.29 is 9.53 Å². The Labute approximate surface area is 87.3 Å². The van der Waals surface area contributed by atoms with Crippen LogP contribution in [-0.2, 0) is 9.53 Å². The molecule has 2 heteroatoms. The van der Waals surface area contributed by atoms with Crippen LogP contribution < -0.4 is 0 Å². The van der Waals surface area contributed by atoms with Gasteiger partial charge in [-0.25, -0.2) is 4.79 Å². The highest BCUT2D eigenvalue weighted by Gasteiger charge is 2.22. The van der Waals surface area contributed by atoms with Gasteiger partial charge in [0.05, 0.1) is 0 Å². The summed E-state index contributed by atoms with van der Waals surface area (Å²) in [7, 11) is 0. The predicted molar refractivity (Wildman–Crippen MR) is 59.1 cm³/mol. The number of rotatable bonds is 6. The lowest BCUT2D eigenvalue weighted by Crippen LogP contribution is -2.28. The molecule has 0 atom stereocenters. The van der Waals surface area contributed by atoms with Crippen LogP contribution in [0.4, 0.5) is 0 Å². The third-order valence-corrected chi connectivity index (χ3v) is 2.22. The first kappa shape index (κ1) is 13.2. The lowest BCUT2D eigenvalue weighted by atomic mass is 10.0. The van der Waals surface area contributed by atoms with Crippen molar-refractivity contribution in [2.24, 2.45) is 0 Å². The van der Waals surface area contributed by atoms with Crippen molar-refractivity contribution in [1.82, 2.24) is 0 Å². The third-order valence-electron chi connectivity index (χ3n) is 2.22. The average molecular weight is 198 g/mol. The van der Waals surface area contributed by atoms with Crippen LogP contribution in [0, 0.1) is 0 Å². The van der Waals surface area contributed by atoms with Crippen molar-refractivity contribution in [3.63, 3.8) is 0 Å². The van der Waals surface area contributed by atoms with E-state index in [2.05, 4.69) is 13.5 Å². The summed E-state index contributed by atoms with van der Waals surface area (Å²) in [6.07, 6.45) is 3.77. The van der Waals surface area contributed by atoms with Crippen molar-refractivity contribution in [2.75, 3.05) is 0 Å². The van der Waals surface area contributed by atoms with Gasteiger partial charge in [0.1, 0.15) is 5.60 Å². The maximum Gasteiger partial charge on any atom is 0.333 e. The maximum atomic E-state index is 11.4. The lowest BCUT2D eigenvalue weighted by Gasteiger charge is -2.25. The van der Waals surface area contributed by atoms with Gasteiger partial charge in [-0.2, -0.15) is 0 Å². The topological polar surface area (TPSA) is 26.3 Å². The number of hydrogen-bond donors (Lipinski definition) is 0. The fraction of sp³-hybridized carbons (Fsp3) is 0.750. The SMILES string of the molecule is C=C(CC)C(=O)OC(C)(C)CCCC. The van der Waals surface area contributed by atoms with Gasteiger partial charge in [-0.05, 0) is 33.1 Å². The Morgan fingerprint density at radius 2 is 1.93 bits per heavy atom. The molecule has 2 nitrogen and oxygen atoms in total. The van der Waals surface area contributed by atoms with Crippen molar-refractivity contribution in [2.45, 2.75) is 59.0 Å². The van der Waals surface area contributed by atoms with Crippen molar-refractivity contribution in [3.05, 3.63) is 12.2 Å². The Morgan fingerprint density at radius 3 is 2.36 bits per heavy atom. The molecule has 0 fully saturated rings. The molecule has 0 bridgehead atoms. The van der Waals surface area contributed by atoms with E-state index in [1.807, 2.05) is 20.8 Å². The van der Waals surface area contributed by atoms with Crippen molar-refractivity contribution >= 4 is 5.97 Å². The molecule has 0 N–H and O–H groups in total. The molecule has 14 heavy (non-hydrogen) atoms. The standard InChI is InChI=1S/C12H22O2/c1-6-8-9-12(4,5)14-11(13)10(3)7-2/h3,6-9H2,1-2,4-5H3. The highest BCUT2D eigenvalue weighted by Crippen LogP contribution is 2.19. The van der Waals surface area contributed by atoms with Crippen LogP contribution in [0.25, 0.3) is 0 Å². The molecule has 0 rings (SSSR count). The van der Waals surface area contributed by atoms with E-state index >= 15 is 0 Å². The fourth-order valence-electron chi connectivity index (χ4n) is 1.12. The van der Waals surface area contributed by atoms with E-state index in [4.69, 9.17) is 4.74 Å². The molecular formula is C12H22O2. The summed E-state index contributed by atoms with van der Waals surface area (Å²) >= 11 is 0. The van der Waals surface area contributed by atoms with E-state index < -0.39 is 0 Å². The summed E-state index contributed by atoms with van der Waals surface area (Å²) in [4.78, 5) is 11.4. The minimum Gasteiger partial charge on any atom is -0.456 e. The monoisotopic (exact) mass is 198 g/mol. The van der Waals surface area contributed by atoms with Gasteiger partial charge in [0.25, 0.3) is 0 Å². The Kier molecular flexibility index (Phi) is 5.51. The van der Waals surface area contributed by atoms with Gasteiger partial charge in [-0.1, -0.05) is 26.8 Å². The van der Waals surface area contributed by atoms with Gasteiger partial charge in [-0.3, -0.25) is 0 Å². The average Bonchev–Trinajstić information content (AvgIpc) is 2.12. The van der Waals surface area contributed by atoms with E-state index in [-0.39, 0.29) is 11.6 Å². The molecule has 82 valence electrons. The summed E-state index contributed by atoms with van der Waals surface area (Å²) in [6.45, 7) is 11.6. The number of hydrogen-bond acceptors (Lipinski definition) is 2. The highest BCUT2D eigenvalue weighted by atomic mass is 16.6. The maximum absolute atomic E-state index is 11.4. The molecule has 0 aliphatic carbocycles. The van der Waals surface area contributed by atoms with Gasteiger partial charge in [-0.15, -0.1) is 0 Å². The molecular weight excluding hydrogens is 176 g/mol. The van der Waals surface area contributed by atoms with Gasteiger partial charge >= 0.3 is 5.97 Å². The largest absolute Gasteiger partial charge is 0.456 e. The van der Waals surface area contributed by atoms with Crippen LogP contribution in [0.3, 0.4) is 0 Å². The molecule has 0 unspecified atom stereocenters. The Bertz CT molecular complexity index is 204. The summed E-state index contributed by atoms with van der Waals surface area (Å²) in [5.41, 5.74) is 0.195. The number of ether oxygens (including phenoxy) is 1. The molecule has 0 saturated heterocycles. The second kappa shape index (κ2) is 5.84. The molecule has 0 aromatic rings. The highest BCUT2D eigenvalue weighted by molar-refractivity contribution is 5.87. The summed E-state index contributed by atoms with van der Waals surface area (Å²) < 4.78 is 5.35. The minimum atomic E-state index is -0.356. The molecule has 0 aromatic carbocycles. The van der Waals surface area contributed by atoms with Crippen LogP contribution in [-0.4, -0.2) is 11.6 Å². The summed E-state index contributed by atoms with van der Waals surface area (Å²) in [5.74, 6) is -0.256. The molecule has 0 aliphatic rings. The van der Waals surface area contributed by atoms with E-state index in [1.54, 1.807) is 0 Å². The predicted octanol–water partition coefficient (Wildman–Crippen LogP) is 3.46. The van der Waals surface area contributed by atoms with Crippen molar-refractivity contribution in [1.29, 1.82) is 0 Å². The smallest absolute Gasteiger partial charge is 0.333 e. The quantitative estimate of drug-likeness (QED) is 0.482. The zero-order chi connectivity index (χ0) is 11.2. The number of carbonyl (C=O) groups is 1.